The normalized spacial score (nSPS) is 13.6. The van der Waals surface area contributed by atoms with Crippen LogP contribution in [0.25, 0.3) is 10.1 Å². The van der Waals surface area contributed by atoms with Gasteiger partial charge < -0.3 is 10.5 Å². The Morgan fingerprint density at radius 2 is 2.06 bits per heavy atom. The largest absolute Gasteiger partial charge is 0.469 e. The molecular weight excluding hydrogens is 246 g/mol. The number of benzene rings is 1. The number of fused-ring (bicyclic) bond motifs is 1. The summed E-state index contributed by atoms with van der Waals surface area (Å²) in [4.78, 5) is 11.8. The van der Waals surface area contributed by atoms with E-state index in [0.29, 0.717) is 0 Å². The van der Waals surface area contributed by atoms with Crippen molar-refractivity contribution in [2.45, 2.75) is 19.9 Å². The number of hydrogen-bond acceptors (Lipinski definition) is 4. The molecule has 0 aliphatic carbocycles. The van der Waals surface area contributed by atoms with Crippen molar-refractivity contribution in [3.63, 3.8) is 0 Å². The summed E-state index contributed by atoms with van der Waals surface area (Å²) in [5.41, 5.74) is 6.53. The van der Waals surface area contributed by atoms with E-state index in [4.69, 9.17) is 10.5 Å². The highest BCUT2D eigenvalue weighted by Crippen LogP contribution is 2.38. The Labute approximate surface area is 111 Å². The van der Waals surface area contributed by atoms with Crippen LogP contribution in [0.15, 0.2) is 29.6 Å². The van der Waals surface area contributed by atoms with Crippen molar-refractivity contribution in [1.82, 2.24) is 0 Å². The Morgan fingerprint density at radius 1 is 1.39 bits per heavy atom. The van der Waals surface area contributed by atoms with Crippen LogP contribution in [0.5, 0.6) is 0 Å². The topological polar surface area (TPSA) is 52.3 Å². The molecule has 0 fully saturated rings. The van der Waals surface area contributed by atoms with Crippen LogP contribution in [0.4, 0.5) is 0 Å². The highest BCUT2D eigenvalue weighted by atomic mass is 32.1. The molecule has 0 radical (unpaired) electrons. The Bertz CT molecular complexity index is 574. The minimum absolute atomic E-state index is 0.287. The van der Waals surface area contributed by atoms with E-state index < -0.39 is 5.41 Å². The Hall–Kier alpha value is -1.39. The molecule has 0 unspecified atom stereocenters. The van der Waals surface area contributed by atoms with Gasteiger partial charge in [0.25, 0.3) is 0 Å². The van der Waals surface area contributed by atoms with E-state index >= 15 is 0 Å². The van der Waals surface area contributed by atoms with Crippen LogP contribution in [0.1, 0.15) is 25.5 Å². The quantitative estimate of drug-likeness (QED) is 0.866. The van der Waals surface area contributed by atoms with E-state index in [2.05, 4.69) is 6.07 Å². The average Bonchev–Trinajstić information content (AvgIpc) is 2.80. The first-order chi connectivity index (χ1) is 8.48. The molecule has 2 N–H and O–H groups in total. The minimum Gasteiger partial charge on any atom is -0.469 e. The van der Waals surface area contributed by atoms with Crippen LogP contribution < -0.4 is 5.73 Å². The van der Waals surface area contributed by atoms with E-state index in [9.17, 15) is 4.79 Å². The molecule has 1 atom stereocenters. The lowest BCUT2D eigenvalue weighted by Gasteiger charge is -2.28. The molecule has 4 heteroatoms. The molecule has 3 nitrogen and oxygen atoms in total. The average molecular weight is 263 g/mol. The number of hydrogen-bond donors (Lipinski definition) is 1. The third kappa shape index (κ3) is 2.02. The molecule has 0 aliphatic heterocycles. The summed E-state index contributed by atoms with van der Waals surface area (Å²) in [5.74, 6) is -0.287. The zero-order valence-electron chi connectivity index (χ0n) is 10.8. The SMILES string of the molecule is COC(=O)C(C)(C)[C@@H](N)c1csc2ccccc12. The third-order valence-corrected chi connectivity index (χ3v) is 4.32. The fourth-order valence-electron chi connectivity index (χ4n) is 2.02. The highest BCUT2D eigenvalue weighted by molar-refractivity contribution is 7.17. The van der Waals surface area contributed by atoms with Crippen LogP contribution in [0.2, 0.25) is 0 Å². The number of nitrogens with two attached hydrogens (primary N) is 1. The van der Waals surface area contributed by atoms with Gasteiger partial charge in [-0.3, -0.25) is 4.79 Å². The van der Waals surface area contributed by atoms with E-state index in [-0.39, 0.29) is 12.0 Å². The fraction of sp³-hybridized carbons (Fsp3) is 0.357. The number of ether oxygens (including phenoxy) is 1. The number of carbonyl (C=O) groups is 1. The van der Waals surface area contributed by atoms with Gasteiger partial charge >= 0.3 is 5.97 Å². The standard InChI is InChI=1S/C14H17NO2S/c1-14(2,13(16)17-3)12(15)10-8-18-11-7-5-4-6-9(10)11/h4-8,12H,15H2,1-3H3/t12-/m0/s1. The zero-order chi connectivity index (χ0) is 13.3. The van der Waals surface area contributed by atoms with Crippen molar-refractivity contribution in [3.05, 3.63) is 35.2 Å². The van der Waals surface area contributed by atoms with Crippen LogP contribution >= 0.6 is 11.3 Å². The maximum Gasteiger partial charge on any atom is 0.313 e. The highest BCUT2D eigenvalue weighted by Gasteiger charge is 2.37. The van der Waals surface area contributed by atoms with Gasteiger partial charge in [-0.1, -0.05) is 18.2 Å². The molecule has 18 heavy (non-hydrogen) atoms. The molecule has 0 saturated carbocycles. The Balaban J connectivity index is 2.45. The lowest BCUT2D eigenvalue weighted by atomic mass is 9.81. The second-order valence-corrected chi connectivity index (χ2v) is 5.79. The van der Waals surface area contributed by atoms with E-state index in [1.165, 1.54) is 11.8 Å². The number of rotatable bonds is 3. The van der Waals surface area contributed by atoms with Crippen LogP contribution in [0.3, 0.4) is 0 Å². The third-order valence-electron chi connectivity index (χ3n) is 3.33. The van der Waals surface area contributed by atoms with Crippen molar-refractivity contribution in [1.29, 1.82) is 0 Å². The van der Waals surface area contributed by atoms with Crippen molar-refractivity contribution in [2.75, 3.05) is 7.11 Å². The number of esters is 1. The first-order valence-electron chi connectivity index (χ1n) is 5.78. The molecule has 0 spiro atoms. The van der Waals surface area contributed by atoms with Gasteiger partial charge in [-0.05, 0) is 36.2 Å². The predicted molar refractivity (Wildman–Crippen MR) is 74.6 cm³/mol. The van der Waals surface area contributed by atoms with Gasteiger partial charge in [0, 0.05) is 10.7 Å². The molecule has 96 valence electrons. The molecular formula is C14H17NO2S. The summed E-state index contributed by atoms with van der Waals surface area (Å²) in [6, 6.07) is 7.70. The molecule has 2 aromatic rings. The Kier molecular flexibility index (Phi) is 3.41. The molecule has 0 amide bonds. The van der Waals surface area contributed by atoms with Gasteiger partial charge in [0.05, 0.1) is 12.5 Å². The van der Waals surface area contributed by atoms with E-state index in [1.807, 2.05) is 37.4 Å². The fourth-order valence-corrected chi connectivity index (χ4v) is 3.02. The Morgan fingerprint density at radius 3 is 2.72 bits per heavy atom. The molecule has 0 saturated heterocycles. The number of methoxy groups -OCH3 is 1. The van der Waals surface area contributed by atoms with Crippen molar-refractivity contribution in [3.8, 4) is 0 Å². The van der Waals surface area contributed by atoms with E-state index in [0.717, 1.165) is 10.9 Å². The van der Waals surface area contributed by atoms with Gasteiger partial charge in [0.2, 0.25) is 0 Å². The second kappa shape index (κ2) is 4.71. The van der Waals surface area contributed by atoms with Crippen LogP contribution in [-0.2, 0) is 9.53 Å². The molecule has 0 aliphatic rings. The predicted octanol–water partition coefficient (Wildman–Crippen LogP) is 3.10. The van der Waals surface area contributed by atoms with Gasteiger partial charge in [-0.2, -0.15) is 0 Å². The summed E-state index contributed by atoms with van der Waals surface area (Å²) in [6.07, 6.45) is 0. The number of thiophene rings is 1. The second-order valence-electron chi connectivity index (χ2n) is 4.88. The summed E-state index contributed by atoms with van der Waals surface area (Å²) in [7, 11) is 1.39. The van der Waals surface area contributed by atoms with Crippen LogP contribution in [0, 0.1) is 5.41 Å². The smallest absolute Gasteiger partial charge is 0.313 e. The lowest BCUT2D eigenvalue weighted by molar-refractivity contribution is -0.152. The van der Waals surface area contributed by atoms with Gasteiger partial charge in [0.15, 0.2) is 0 Å². The maximum atomic E-state index is 11.8. The number of carbonyl (C=O) groups excluding carboxylic acids is 1. The summed E-state index contributed by atoms with van der Waals surface area (Å²) in [6.45, 7) is 3.63. The summed E-state index contributed by atoms with van der Waals surface area (Å²) in [5, 5.41) is 3.15. The summed E-state index contributed by atoms with van der Waals surface area (Å²) >= 11 is 1.65. The van der Waals surface area contributed by atoms with Gasteiger partial charge in [-0.25, -0.2) is 0 Å². The lowest BCUT2D eigenvalue weighted by Crippen LogP contribution is -2.37. The molecule has 0 bridgehead atoms. The van der Waals surface area contributed by atoms with Gasteiger partial charge in [-0.15, -0.1) is 11.3 Å². The van der Waals surface area contributed by atoms with Crippen molar-refractivity contribution in [2.24, 2.45) is 11.1 Å². The molecule has 1 heterocycles. The first-order valence-corrected chi connectivity index (χ1v) is 6.66. The molecule has 2 rings (SSSR count). The first kappa shape index (κ1) is 13.1. The summed E-state index contributed by atoms with van der Waals surface area (Å²) < 4.78 is 6.01. The monoisotopic (exact) mass is 263 g/mol. The van der Waals surface area contributed by atoms with Crippen molar-refractivity contribution >= 4 is 27.4 Å². The molecule has 1 aromatic carbocycles. The molecule has 1 aromatic heterocycles. The zero-order valence-corrected chi connectivity index (χ0v) is 11.6. The van der Waals surface area contributed by atoms with Crippen LogP contribution in [-0.4, -0.2) is 13.1 Å². The maximum absolute atomic E-state index is 11.8. The minimum atomic E-state index is -0.738. The van der Waals surface area contributed by atoms with E-state index in [1.54, 1.807) is 11.3 Å². The van der Waals surface area contributed by atoms with Crippen molar-refractivity contribution < 1.29 is 9.53 Å². The van der Waals surface area contributed by atoms with Gasteiger partial charge in [0.1, 0.15) is 0 Å².